The number of urea groups is 1. The van der Waals surface area contributed by atoms with Crippen molar-refractivity contribution in [1.82, 2.24) is 25.5 Å². The smallest absolute Gasteiger partial charge is 0.315 e. The van der Waals surface area contributed by atoms with Gasteiger partial charge < -0.3 is 20.6 Å². The van der Waals surface area contributed by atoms with Crippen LogP contribution < -0.4 is 15.5 Å². The fourth-order valence-electron chi connectivity index (χ4n) is 3.58. The summed E-state index contributed by atoms with van der Waals surface area (Å²) in [6, 6.07) is 2.15. The third-order valence-electron chi connectivity index (χ3n) is 5.19. The maximum absolute atomic E-state index is 12.1. The van der Waals surface area contributed by atoms with Crippen LogP contribution in [0.1, 0.15) is 31.9 Å². The van der Waals surface area contributed by atoms with Crippen LogP contribution in [0.2, 0.25) is 0 Å². The Balaban J connectivity index is 1.34. The number of carbonyl (C=O) groups is 1. The van der Waals surface area contributed by atoms with Crippen LogP contribution in [0.5, 0.6) is 0 Å². The van der Waals surface area contributed by atoms with Gasteiger partial charge in [0.05, 0.1) is 6.10 Å². The number of likely N-dealkylation sites (tertiary alicyclic amines) is 1. The number of aliphatic hydroxyl groups excluding tert-OH is 1. The Morgan fingerprint density at radius 3 is 2.77 bits per heavy atom. The Hall–Kier alpha value is -1.93. The van der Waals surface area contributed by atoms with Crippen LogP contribution in [-0.4, -0.2) is 77.4 Å². The second kappa shape index (κ2) is 9.14. The standard InChI is InChI=1S/C18H30N6O2/c1-2-14-11-17(21-13-20-14)24-8-3-15(4-9-24)22-18(26)19-6-10-23-7-5-16(25)12-23/h11,13,15-16,25H,2-10,12H2,1H3,(H2,19,22,26)/t16-/m1/s1. The van der Waals surface area contributed by atoms with Gasteiger partial charge in [0.25, 0.3) is 0 Å². The third-order valence-corrected chi connectivity index (χ3v) is 5.19. The van der Waals surface area contributed by atoms with E-state index in [1.807, 2.05) is 0 Å². The van der Waals surface area contributed by atoms with Crippen molar-refractivity contribution >= 4 is 11.8 Å². The van der Waals surface area contributed by atoms with Crippen molar-refractivity contribution in [3.05, 3.63) is 18.1 Å². The second-order valence-electron chi connectivity index (χ2n) is 7.13. The molecule has 3 heterocycles. The number of aromatic nitrogens is 2. The number of carbonyl (C=O) groups excluding carboxylic acids is 1. The Bertz CT molecular complexity index is 591. The molecule has 1 atom stereocenters. The molecule has 0 unspecified atom stereocenters. The van der Waals surface area contributed by atoms with Gasteiger partial charge in [-0.2, -0.15) is 0 Å². The van der Waals surface area contributed by atoms with Crippen molar-refractivity contribution < 1.29 is 9.90 Å². The molecule has 1 aromatic heterocycles. The molecule has 3 rings (SSSR count). The van der Waals surface area contributed by atoms with Gasteiger partial charge in [-0.1, -0.05) is 6.92 Å². The molecule has 0 aliphatic carbocycles. The first-order valence-corrected chi connectivity index (χ1v) is 9.64. The number of hydrogen-bond donors (Lipinski definition) is 3. The summed E-state index contributed by atoms with van der Waals surface area (Å²) in [6.45, 7) is 6.88. The highest BCUT2D eigenvalue weighted by Gasteiger charge is 2.22. The van der Waals surface area contributed by atoms with E-state index in [2.05, 4.69) is 43.4 Å². The van der Waals surface area contributed by atoms with Crippen molar-refractivity contribution in [1.29, 1.82) is 0 Å². The van der Waals surface area contributed by atoms with Crippen LogP contribution in [0.15, 0.2) is 12.4 Å². The van der Waals surface area contributed by atoms with E-state index in [1.54, 1.807) is 6.33 Å². The molecule has 26 heavy (non-hydrogen) atoms. The fourth-order valence-corrected chi connectivity index (χ4v) is 3.58. The van der Waals surface area contributed by atoms with Crippen LogP contribution in [0.4, 0.5) is 10.6 Å². The number of hydrogen-bond acceptors (Lipinski definition) is 6. The minimum absolute atomic E-state index is 0.0986. The largest absolute Gasteiger partial charge is 0.392 e. The van der Waals surface area contributed by atoms with Gasteiger partial charge in [-0.25, -0.2) is 14.8 Å². The molecule has 0 radical (unpaired) electrons. The number of aliphatic hydroxyl groups is 1. The second-order valence-corrected chi connectivity index (χ2v) is 7.13. The summed E-state index contributed by atoms with van der Waals surface area (Å²) in [5.41, 5.74) is 1.06. The molecule has 2 saturated heterocycles. The zero-order valence-electron chi connectivity index (χ0n) is 15.5. The SMILES string of the molecule is CCc1cc(N2CCC(NC(=O)NCCN3CC[C@@H](O)C3)CC2)ncn1. The first-order chi connectivity index (χ1) is 12.6. The third kappa shape index (κ3) is 5.28. The average Bonchev–Trinajstić information content (AvgIpc) is 3.07. The van der Waals surface area contributed by atoms with Gasteiger partial charge in [-0.3, -0.25) is 4.90 Å². The zero-order valence-corrected chi connectivity index (χ0v) is 15.5. The van der Waals surface area contributed by atoms with Crippen molar-refractivity contribution in [2.45, 2.75) is 44.8 Å². The molecular formula is C18H30N6O2. The Morgan fingerprint density at radius 2 is 2.08 bits per heavy atom. The molecule has 1 aromatic rings. The molecule has 0 bridgehead atoms. The molecule has 0 spiro atoms. The lowest BCUT2D eigenvalue weighted by molar-refractivity contribution is 0.176. The van der Waals surface area contributed by atoms with Crippen molar-refractivity contribution in [3.63, 3.8) is 0 Å². The van der Waals surface area contributed by atoms with E-state index in [0.29, 0.717) is 13.1 Å². The molecule has 0 saturated carbocycles. The summed E-state index contributed by atoms with van der Waals surface area (Å²) in [5, 5.41) is 15.5. The predicted octanol–water partition coefficient (Wildman–Crippen LogP) is 0.374. The summed E-state index contributed by atoms with van der Waals surface area (Å²) in [4.78, 5) is 25.1. The van der Waals surface area contributed by atoms with E-state index < -0.39 is 0 Å². The topological polar surface area (TPSA) is 93.6 Å². The number of amides is 2. The maximum Gasteiger partial charge on any atom is 0.315 e. The minimum Gasteiger partial charge on any atom is -0.392 e. The highest BCUT2D eigenvalue weighted by Crippen LogP contribution is 2.18. The van der Waals surface area contributed by atoms with Gasteiger partial charge in [0.15, 0.2) is 0 Å². The molecule has 2 aliphatic heterocycles. The molecule has 8 heteroatoms. The van der Waals surface area contributed by atoms with E-state index in [1.165, 1.54) is 0 Å². The summed E-state index contributed by atoms with van der Waals surface area (Å²) in [6.07, 6.45) is 4.98. The number of nitrogens with one attached hydrogen (secondary N) is 2. The number of piperidine rings is 1. The number of anilines is 1. The minimum atomic E-state index is -0.211. The molecule has 0 aromatic carbocycles. The summed E-state index contributed by atoms with van der Waals surface area (Å²) < 4.78 is 0. The zero-order chi connectivity index (χ0) is 18.4. The van der Waals surface area contributed by atoms with E-state index >= 15 is 0 Å². The molecule has 2 fully saturated rings. The maximum atomic E-state index is 12.1. The van der Waals surface area contributed by atoms with Crippen LogP contribution in [-0.2, 0) is 6.42 Å². The van der Waals surface area contributed by atoms with Gasteiger partial charge >= 0.3 is 6.03 Å². The van der Waals surface area contributed by atoms with Crippen molar-refractivity contribution in [3.8, 4) is 0 Å². The van der Waals surface area contributed by atoms with E-state index in [0.717, 1.165) is 63.4 Å². The van der Waals surface area contributed by atoms with Crippen LogP contribution in [0.3, 0.4) is 0 Å². The monoisotopic (exact) mass is 362 g/mol. The molecular weight excluding hydrogens is 332 g/mol. The Kier molecular flexibility index (Phi) is 6.62. The summed E-state index contributed by atoms with van der Waals surface area (Å²) >= 11 is 0. The van der Waals surface area contributed by atoms with Gasteiger partial charge in [-0.05, 0) is 25.7 Å². The quantitative estimate of drug-likeness (QED) is 0.677. The highest BCUT2D eigenvalue weighted by molar-refractivity contribution is 5.74. The van der Waals surface area contributed by atoms with Crippen LogP contribution in [0.25, 0.3) is 0 Å². The van der Waals surface area contributed by atoms with E-state index in [-0.39, 0.29) is 18.2 Å². The lowest BCUT2D eigenvalue weighted by Crippen LogP contribution is -2.49. The van der Waals surface area contributed by atoms with Gasteiger partial charge in [0.2, 0.25) is 0 Å². The number of nitrogens with zero attached hydrogens (tertiary/aromatic N) is 4. The highest BCUT2D eigenvalue weighted by atomic mass is 16.3. The summed E-state index contributed by atoms with van der Waals surface area (Å²) in [5.74, 6) is 0.979. The van der Waals surface area contributed by atoms with Gasteiger partial charge in [0.1, 0.15) is 12.1 Å². The fraction of sp³-hybridized carbons (Fsp3) is 0.722. The van der Waals surface area contributed by atoms with Gasteiger partial charge in [0, 0.05) is 57.1 Å². The Labute approximate surface area is 155 Å². The van der Waals surface area contributed by atoms with E-state index in [4.69, 9.17) is 0 Å². The Morgan fingerprint density at radius 1 is 1.27 bits per heavy atom. The average molecular weight is 362 g/mol. The van der Waals surface area contributed by atoms with Crippen molar-refractivity contribution in [2.75, 3.05) is 44.2 Å². The first-order valence-electron chi connectivity index (χ1n) is 9.64. The molecule has 2 aliphatic rings. The lowest BCUT2D eigenvalue weighted by atomic mass is 10.1. The predicted molar refractivity (Wildman–Crippen MR) is 100 cm³/mol. The molecule has 144 valence electrons. The molecule has 2 amide bonds. The first kappa shape index (κ1) is 18.8. The molecule has 8 nitrogen and oxygen atoms in total. The van der Waals surface area contributed by atoms with Crippen LogP contribution >= 0.6 is 0 Å². The number of aryl methyl sites for hydroxylation is 1. The van der Waals surface area contributed by atoms with E-state index in [9.17, 15) is 9.90 Å². The lowest BCUT2D eigenvalue weighted by Gasteiger charge is -2.33. The van der Waals surface area contributed by atoms with Gasteiger partial charge in [-0.15, -0.1) is 0 Å². The summed E-state index contributed by atoms with van der Waals surface area (Å²) in [7, 11) is 0. The van der Waals surface area contributed by atoms with Crippen LogP contribution in [0, 0.1) is 0 Å². The number of β-amino-alcohol motifs (C(OH)–C–C–N with tert-alkyl or cyclic N) is 1. The normalized spacial score (nSPS) is 21.8. The molecule has 3 N–H and O–H groups in total. The van der Waals surface area contributed by atoms with Crippen molar-refractivity contribution in [2.24, 2.45) is 0 Å². The number of rotatable bonds is 6.